The summed E-state index contributed by atoms with van der Waals surface area (Å²) in [6.07, 6.45) is 0. The highest BCUT2D eigenvalue weighted by molar-refractivity contribution is 7.89. The molecule has 0 amide bonds. The standard InChI is InChI=1S/C21H19ClF2N4O2S/c22-16-6-8-17(9-7-16)31(29,30)28(13-15-3-1-2-4-19(15)23)12-14-5-10-18(20(24)11-14)21(25)27-26/h1-11H,12-13,26H2,(H2,25,27). The molecule has 0 heterocycles. The van der Waals surface area contributed by atoms with Crippen LogP contribution < -0.4 is 11.6 Å². The number of hydrogen-bond acceptors (Lipinski definition) is 4. The summed E-state index contributed by atoms with van der Waals surface area (Å²) in [6, 6.07) is 15.4. The van der Waals surface area contributed by atoms with Gasteiger partial charge in [-0.3, -0.25) is 0 Å². The third-order valence-corrected chi connectivity index (χ3v) is 6.62. The maximum atomic E-state index is 14.4. The van der Waals surface area contributed by atoms with E-state index in [4.69, 9.17) is 23.2 Å². The SMILES string of the molecule is N/N=C(\N)c1ccc(CN(Cc2ccccc2F)S(=O)(=O)c2ccc(Cl)cc2)cc1F. The number of benzene rings is 3. The lowest BCUT2D eigenvalue weighted by Gasteiger charge is -2.23. The Morgan fingerprint density at radius 1 is 0.968 bits per heavy atom. The van der Waals surface area contributed by atoms with Crippen LogP contribution in [0.4, 0.5) is 8.78 Å². The largest absolute Gasteiger partial charge is 0.382 e. The van der Waals surface area contributed by atoms with E-state index in [1.54, 1.807) is 6.07 Å². The highest BCUT2D eigenvalue weighted by Gasteiger charge is 2.26. The van der Waals surface area contributed by atoms with Crippen molar-refractivity contribution >= 4 is 27.5 Å². The number of rotatable bonds is 7. The van der Waals surface area contributed by atoms with Gasteiger partial charge in [0, 0.05) is 23.7 Å². The van der Waals surface area contributed by atoms with Gasteiger partial charge in [0.2, 0.25) is 10.0 Å². The van der Waals surface area contributed by atoms with Crippen LogP contribution in [-0.4, -0.2) is 18.6 Å². The summed E-state index contributed by atoms with van der Waals surface area (Å²) < 4.78 is 56.3. The van der Waals surface area contributed by atoms with Crippen molar-refractivity contribution in [2.45, 2.75) is 18.0 Å². The molecule has 31 heavy (non-hydrogen) atoms. The number of nitrogens with two attached hydrogens (primary N) is 2. The fraction of sp³-hybridized carbons (Fsp3) is 0.0952. The lowest BCUT2D eigenvalue weighted by Crippen LogP contribution is -2.30. The van der Waals surface area contributed by atoms with E-state index in [-0.39, 0.29) is 34.9 Å². The molecule has 0 bridgehead atoms. The molecule has 10 heteroatoms. The summed E-state index contributed by atoms with van der Waals surface area (Å²) in [5, 5.41) is 3.63. The topological polar surface area (TPSA) is 102 Å². The Balaban J connectivity index is 2.01. The molecule has 0 fully saturated rings. The highest BCUT2D eigenvalue weighted by Crippen LogP contribution is 2.24. The minimum absolute atomic E-state index is 0.00698. The third-order valence-electron chi connectivity index (χ3n) is 4.56. The van der Waals surface area contributed by atoms with E-state index in [9.17, 15) is 17.2 Å². The fourth-order valence-corrected chi connectivity index (χ4v) is 4.47. The molecule has 0 atom stereocenters. The number of halogens is 3. The molecular formula is C21H19ClF2N4O2S. The van der Waals surface area contributed by atoms with Gasteiger partial charge in [-0.25, -0.2) is 17.2 Å². The first-order valence-electron chi connectivity index (χ1n) is 9.03. The van der Waals surface area contributed by atoms with Crippen LogP contribution in [-0.2, 0) is 23.1 Å². The van der Waals surface area contributed by atoms with Crippen LogP contribution >= 0.6 is 11.6 Å². The van der Waals surface area contributed by atoms with Gasteiger partial charge in [-0.1, -0.05) is 35.9 Å². The third kappa shape index (κ3) is 5.19. The van der Waals surface area contributed by atoms with Gasteiger partial charge in [-0.2, -0.15) is 9.41 Å². The van der Waals surface area contributed by atoms with Gasteiger partial charge >= 0.3 is 0 Å². The van der Waals surface area contributed by atoms with E-state index >= 15 is 0 Å². The van der Waals surface area contributed by atoms with Crippen molar-refractivity contribution in [3.05, 3.63) is 100 Å². The van der Waals surface area contributed by atoms with Crippen molar-refractivity contribution in [1.29, 1.82) is 0 Å². The Morgan fingerprint density at radius 3 is 2.26 bits per heavy atom. The number of sulfonamides is 1. The maximum Gasteiger partial charge on any atom is 0.243 e. The normalized spacial score (nSPS) is 12.3. The van der Waals surface area contributed by atoms with Crippen molar-refractivity contribution in [1.82, 2.24) is 4.31 Å². The van der Waals surface area contributed by atoms with Crippen LogP contribution in [0.15, 0.2) is 76.7 Å². The van der Waals surface area contributed by atoms with Gasteiger partial charge in [-0.05, 0) is 48.0 Å². The van der Waals surface area contributed by atoms with Crippen LogP contribution in [0.5, 0.6) is 0 Å². The second-order valence-corrected chi connectivity index (χ2v) is 9.02. The Labute approximate surface area is 183 Å². The van der Waals surface area contributed by atoms with Crippen LogP contribution in [0.3, 0.4) is 0 Å². The zero-order chi connectivity index (χ0) is 22.6. The lowest BCUT2D eigenvalue weighted by molar-refractivity contribution is 0.393. The Bertz CT molecular complexity index is 1220. The predicted molar refractivity (Wildman–Crippen MR) is 116 cm³/mol. The molecule has 0 aliphatic rings. The van der Waals surface area contributed by atoms with E-state index in [2.05, 4.69) is 5.10 Å². The minimum atomic E-state index is -4.06. The van der Waals surface area contributed by atoms with Crippen molar-refractivity contribution in [3.63, 3.8) is 0 Å². The molecule has 0 saturated carbocycles. The first-order valence-corrected chi connectivity index (χ1v) is 10.9. The molecule has 3 aromatic rings. The molecule has 0 aromatic heterocycles. The number of amidine groups is 1. The van der Waals surface area contributed by atoms with E-state index < -0.39 is 21.7 Å². The van der Waals surface area contributed by atoms with E-state index in [0.717, 1.165) is 10.4 Å². The van der Waals surface area contributed by atoms with Gasteiger partial charge in [0.1, 0.15) is 11.6 Å². The number of hydrazone groups is 1. The summed E-state index contributed by atoms with van der Waals surface area (Å²) in [6.45, 7) is -0.469. The molecule has 162 valence electrons. The average Bonchev–Trinajstić information content (AvgIpc) is 2.74. The van der Waals surface area contributed by atoms with E-state index in [1.165, 1.54) is 54.6 Å². The first-order chi connectivity index (χ1) is 14.7. The maximum absolute atomic E-state index is 14.4. The average molecular weight is 465 g/mol. The first kappa shape index (κ1) is 22.7. The Kier molecular flexibility index (Phi) is 6.89. The molecule has 3 aromatic carbocycles. The molecule has 0 radical (unpaired) electrons. The van der Waals surface area contributed by atoms with Crippen LogP contribution in [0.2, 0.25) is 5.02 Å². The summed E-state index contributed by atoms with van der Waals surface area (Å²) in [4.78, 5) is -0.0233. The fourth-order valence-electron chi connectivity index (χ4n) is 2.94. The van der Waals surface area contributed by atoms with E-state index in [1.807, 2.05) is 0 Å². The second kappa shape index (κ2) is 9.42. The van der Waals surface area contributed by atoms with Crippen molar-refractivity contribution in [2.24, 2.45) is 16.7 Å². The van der Waals surface area contributed by atoms with Crippen LogP contribution in [0, 0.1) is 11.6 Å². The van der Waals surface area contributed by atoms with Crippen molar-refractivity contribution in [2.75, 3.05) is 0 Å². The van der Waals surface area contributed by atoms with Crippen LogP contribution in [0.1, 0.15) is 16.7 Å². The molecule has 4 N–H and O–H groups in total. The predicted octanol–water partition coefficient (Wildman–Crippen LogP) is 3.59. The molecule has 6 nitrogen and oxygen atoms in total. The van der Waals surface area contributed by atoms with E-state index in [0.29, 0.717) is 10.6 Å². The highest BCUT2D eigenvalue weighted by atomic mass is 35.5. The van der Waals surface area contributed by atoms with Gasteiger partial charge in [0.25, 0.3) is 0 Å². The second-order valence-electron chi connectivity index (χ2n) is 6.65. The zero-order valence-electron chi connectivity index (χ0n) is 16.2. The molecule has 0 saturated heterocycles. The number of nitrogens with zero attached hydrogens (tertiary/aromatic N) is 2. The monoisotopic (exact) mass is 464 g/mol. The van der Waals surface area contributed by atoms with Gasteiger partial charge < -0.3 is 11.6 Å². The zero-order valence-corrected chi connectivity index (χ0v) is 17.7. The number of hydrogen-bond donors (Lipinski definition) is 2. The lowest BCUT2D eigenvalue weighted by atomic mass is 10.1. The smallest absolute Gasteiger partial charge is 0.243 e. The Morgan fingerprint density at radius 2 is 1.65 bits per heavy atom. The van der Waals surface area contributed by atoms with Gasteiger partial charge in [0.15, 0.2) is 5.84 Å². The van der Waals surface area contributed by atoms with Gasteiger partial charge in [-0.15, -0.1) is 0 Å². The summed E-state index contributed by atoms with van der Waals surface area (Å²) in [7, 11) is -4.06. The van der Waals surface area contributed by atoms with Crippen molar-refractivity contribution in [3.8, 4) is 0 Å². The van der Waals surface area contributed by atoms with Crippen molar-refractivity contribution < 1.29 is 17.2 Å². The molecule has 3 rings (SSSR count). The summed E-state index contributed by atoms with van der Waals surface area (Å²) in [5.74, 6) is 3.64. The molecule has 0 spiro atoms. The van der Waals surface area contributed by atoms with Gasteiger partial charge in [0.05, 0.1) is 10.5 Å². The Hall–Kier alpha value is -3.01. The molecule has 0 aliphatic heterocycles. The molecule has 0 aliphatic carbocycles. The molecular weight excluding hydrogens is 446 g/mol. The summed E-state index contributed by atoms with van der Waals surface area (Å²) >= 11 is 5.86. The minimum Gasteiger partial charge on any atom is -0.382 e. The van der Waals surface area contributed by atoms with Crippen LogP contribution in [0.25, 0.3) is 0 Å². The summed E-state index contributed by atoms with van der Waals surface area (Å²) in [5.41, 5.74) is 6.05. The quantitative estimate of drug-likeness (QED) is 0.241. The molecule has 0 unspecified atom stereocenters.